The van der Waals surface area contributed by atoms with Crippen LogP contribution in [0.15, 0.2) is 18.5 Å². The minimum Gasteiger partial charge on any atom is -0.505 e. The predicted octanol–water partition coefficient (Wildman–Crippen LogP) is 0.284. The molecule has 0 aliphatic carbocycles. The maximum Gasteiger partial charge on any atom is 0.255 e. The zero-order chi connectivity index (χ0) is 12.1. The second-order valence-corrected chi connectivity index (χ2v) is 4.99. The maximum atomic E-state index is 11.7. The Bertz CT molecular complexity index is 409. The van der Waals surface area contributed by atoms with Gasteiger partial charge in [0.05, 0.1) is 11.8 Å². The lowest BCUT2D eigenvalue weighted by Gasteiger charge is -2.12. The summed E-state index contributed by atoms with van der Waals surface area (Å²) in [6, 6.07) is 1.23. The van der Waals surface area contributed by atoms with E-state index in [0.29, 0.717) is 5.75 Å². The molecule has 0 aliphatic rings. The fraction of sp³-hybridized carbons (Fsp3) is 0.400. The van der Waals surface area contributed by atoms with Crippen molar-refractivity contribution in [1.82, 2.24) is 10.3 Å². The molecule has 1 amide bonds. The van der Waals surface area contributed by atoms with E-state index < -0.39 is 16.7 Å². The van der Waals surface area contributed by atoms with Gasteiger partial charge in [-0.15, -0.1) is 0 Å². The molecule has 0 saturated heterocycles. The standard InChI is InChI=1S/C10H14N2O3S/c1-7(6-16(2)15)12-10(14)8-3-4-11-5-9(8)13/h3-5,7,13H,6H2,1-2H3,(H,12,14). The van der Waals surface area contributed by atoms with Crippen molar-refractivity contribution in [2.45, 2.75) is 13.0 Å². The zero-order valence-corrected chi connectivity index (χ0v) is 9.95. The van der Waals surface area contributed by atoms with Crippen LogP contribution in [0.3, 0.4) is 0 Å². The molecular formula is C10H14N2O3S. The van der Waals surface area contributed by atoms with Crippen LogP contribution in [0.25, 0.3) is 0 Å². The van der Waals surface area contributed by atoms with Crippen molar-refractivity contribution in [1.29, 1.82) is 0 Å². The SMILES string of the molecule is CC(CS(C)=O)NC(=O)c1ccncc1O. The van der Waals surface area contributed by atoms with Gasteiger partial charge in [0.2, 0.25) is 0 Å². The first-order valence-electron chi connectivity index (χ1n) is 4.74. The number of carbonyl (C=O) groups is 1. The lowest BCUT2D eigenvalue weighted by atomic mass is 10.2. The number of nitrogens with zero attached hydrogens (tertiary/aromatic N) is 1. The summed E-state index contributed by atoms with van der Waals surface area (Å²) in [4.78, 5) is 15.3. The van der Waals surface area contributed by atoms with E-state index in [4.69, 9.17) is 0 Å². The summed E-state index contributed by atoms with van der Waals surface area (Å²) < 4.78 is 10.9. The summed E-state index contributed by atoms with van der Waals surface area (Å²) >= 11 is 0. The van der Waals surface area contributed by atoms with Gasteiger partial charge in [-0.05, 0) is 13.0 Å². The van der Waals surface area contributed by atoms with Gasteiger partial charge in [0.25, 0.3) is 5.91 Å². The quantitative estimate of drug-likeness (QED) is 0.795. The predicted molar refractivity (Wildman–Crippen MR) is 61.8 cm³/mol. The lowest BCUT2D eigenvalue weighted by Crippen LogP contribution is -2.36. The molecule has 0 spiro atoms. The first-order valence-corrected chi connectivity index (χ1v) is 6.47. The van der Waals surface area contributed by atoms with Crippen LogP contribution in [-0.2, 0) is 10.8 Å². The number of nitrogens with one attached hydrogen (secondary N) is 1. The van der Waals surface area contributed by atoms with Crippen LogP contribution in [0.1, 0.15) is 17.3 Å². The van der Waals surface area contributed by atoms with E-state index >= 15 is 0 Å². The number of aromatic nitrogens is 1. The van der Waals surface area contributed by atoms with Gasteiger partial charge in [0, 0.05) is 35.0 Å². The molecule has 1 rings (SSSR count). The Balaban J connectivity index is 2.66. The molecule has 0 aromatic carbocycles. The summed E-state index contributed by atoms with van der Waals surface area (Å²) in [7, 11) is -0.963. The van der Waals surface area contributed by atoms with Crippen molar-refractivity contribution >= 4 is 16.7 Å². The largest absolute Gasteiger partial charge is 0.505 e. The van der Waals surface area contributed by atoms with Crippen LogP contribution < -0.4 is 5.32 Å². The highest BCUT2D eigenvalue weighted by Gasteiger charge is 2.13. The Kier molecular flexibility index (Phi) is 4.42. The Labute approximate surface area is 96.4 Å². The third-order valence-corrected chi connectivity index (χ3v) is 2.88. The minimum absolute atomic E-state index is 0.162. The molecule has 1 heterocycles. The Morgan fingerprint density at radius 3 is 2.94 bits per heavy atom. The molecule has 5 nitrogen and oxygen atoms in total. The Hall–Kier alpha value is -1.43. The highest BCUT2D eigenvalue weighted by molar-refractivity contribution is 7.84. The van der Waals surface area contributed by atoms with Crippen molar-refractivity contribution in [2.24, 2.45) is 0 Å². The van der Waals surface area contributed by atoms with E-state index in [0.717, 1.165) is 0 Å². The average molecular weight is 242 g/mol. The van der Waals surface area contributed by atoms with Gasteiger partial charge in [-0.3, -0.25) is 14.0 Å². The van der Waals surface area contributed by atoms with Gasteiger partial charge in [0.1, 0.15) is 5.75 Å². The minimum atomic E-state index is -0.963. The molecule has 0 radical (unpaired) electrons. The number of hydrogen-bond donors (Lipinski definition) is 2. The third-order valence-electron chi connectivity index (χ3n) is 1.91. The van der Waals surface area contributed by atoms with Gasteiger partial charge in [-0.2, -0.15) is 0 Å². The van der Waals surface area contributed by atoms with E-state index in [1.165, 1.54) is 18.5 Å². The van der Waals surface area contributed by atoms with E-state index in [9.17, 15) is 14.1 Å². The van der Waals surface area contributed by atoms with Crippen LogP contribution in [0.5, 0.6) is 5.75 Å². The fourth-order valence-corrected chi connectivity index (χ4v) is 2.06. The molecular weight excluding hydrogens is 228 g/mol. The summed E-state index contributed by atoms with van der Waals surface area (Å²) in [6.45, 7) is 1.76. The van der Waals surface area contributed by atoms with E-state index in [1.807, 2.05) is 0 Å². The van der Waals surface area contributed by atoms with Gasteiger partial charge in [-0.25, -0.2) is 0 Å². The van der Waals surface area contributed by atoms with E-state index in [2.05, 4.69) is 10.3 Å². The monoisotopic (exact) mass is 242 g/mol. The van der Waals surface area contributed by atoms with Crippen molar-refractivity contribution in [3.63, 3.8) is 0 Å². The first-order chi connectivity index (χ1) is 7.50. The molecule has 0 bridgehead atoms. The van der Waals surface area contributed by atoms with Gasteiger partial charge in [-0.1, -0.05) is 0 Å². The zero-order valence-electron chi connectivity index (χ0n) is 9.14. The third kappa shape index (κ3) is 3.62. The van der Waals surface area contributed by atoms with Crippen molar-refractivity contribution in [2.75, 3.05) is 12.0 Å². The maximum absolute atomic E-state index is 11.7. The second-order valence-electron chi connectivity index (χ2n) is 3.51. The van der Waals surface area contributed by atoms with Crippen molar-refractivity contribution in [3.05, 3.63) is 24.0 Å². The summed E-state index contributed by atoms with van der Waals surface area (Å²) in [5.41, 5.74) is 0.170. The summed E-state index contributed by atoms with van der Waals surface area (Å²) in [6.07, 6.45) is 4.21. The van der Waals surface area contributed by atoms with E-state index in [1.54, 1.807) is 13.2 Å². The number of aromatic hydroxyl groups is 1. The van der Waals surface area contributed by atoms with Gasteiger partial charge in [0.15, 0.2) is 0 Å². The average Bonchev–Trinajstić information content (AvgIpc) is 2.16. The van der Waals surface area contributed by atoms with Crippen molar-refractivity contribution < 1.29 is 14.1 Å². The highest BCUT2D eigenvalue weighted by Crippen LogP contribution is 2.13. The number of pyridine rings is 1. The number of carbonyl (C=O) groups excluding carboxylic acids is 1. The fourth-order valence-electron chi connectivity index (χ4n) is 1.27. The van der Waals surface area contributed by atoms with Crippen molar-refractivity contribution in [3.8, 4) is 5.75 Å². The first kappa shape index (κ1) is 12.6. The Morgan fingerprint density at radius 1 is 1.69 bits per heavy atom. The normalized spacial score (nSPS) is 14.1. The molecule has 1 aromatic rings. The Morgan fingerprint density at radius 2 is 2.38 bits per heavy atom. The number of hydrogen-bond acceptors (Lipinski definition) is 4. The topological polar surface area (TPSA) is 79.3 Å². The number of amides is 1. The van der Waals surface area contributed by atoms with E-state index in [-0.39, 0.29) is 17.4 Å². The molecule has 88 valence electrons. The molecule has 0 saturated carbocycles. The molecule has 1 aromatic heterocycles. The van der Waals surface area contributed by atoms with Gasteiger partial charge >= 0.3 is 0 Å². The highest BCUT2D eigenvalue weighted by atomic mass is 32.2. The smallest absolute Gasteiger partial charge is 0.255 e. The molecule has 6 heteroatoms. The van der Waals surface area contributed by atoms with Gasteiger partial charge < -0.3 is 10.4 Å². The molecule has 2 unspecified atom stereocenters. The lowest BCUT2D eigenvalue weighted by molar-refractivity contribution is 0.0941. The van der Waals surface area contributed by atoms with Crippen LogP contribution in [-0.4, -0.2) is 38.3 Å². The molecule has 16 heavy (non-hydrogen) atoms. The van der Waals surface area contributed by atoms with Crippen LogP contribution in [0, 0.1) is 0 Å². The second kappa shape index (κ2) is 5.60. The summed E-state index contributed by atoms with van der Waals surface area (Å²) in [5, 5.41) is 12.0. The molecule has 2 atom stereocenters. The van der Waals surface area contributed by atoms with Crippen LogP contribution >= 0.6 is 0 Å². The molecule has 0 fully saturated rings. The van der Waals surface area contributed by atoms with Crippen LogP contribution in [0.4, 0.5) is 0 Å². The number of rotatable bonds is 4. The summed E-state index contributed by atoms with van der Waals surface area (Å²) in [5.74, 6) is -0.167. The molecule has 0 aliphatic heterocycles. The molecule has 2 N–H and O–H groups in total. The van der Waals surface area contributed by atoms with Crippen LogP contribution in [0.2, 0.25) is 0 Å².